The Kier molecular flexibility index (Phi) is 5.25. The molecule has 0 aliphatic carbocycles. The van der Waals surface area contributed by atoms with Crippen LogP contribution in [0.4, 0.5) is 0 Å². The first-order valence-corrected chi connectivity index (χ1v) is 8.19. The van der Waals surface area contributed by atoms with Crippen LogP contribution in [0, 0.1) is 17.3 Å². The Hall–Kier alpha value is -1.10. The molecule has 5 nitrogen and oxygen atoms in total. The molecule has 2 saturated heterocycles. The van der Waals surface area contributed by atoms with Crippen LogP contribution in [0.5, 0.6) is 0 Å². The average molecular weight is 295 g/mol. The molecule has 0 radical (unpaired) electrons. The number of nitrogens with one attached hydrogen (secondary N) is 1. The highest BCUT2D eigenvalue weighted by Crippen LogP contribution is 2.35. The fraction of sp³-hybridized carbons (Fsp3) is 0.875. The van der Waals surface area contributed by atoms with E-state index in [-0.39, 0.29) is 17.2 Å². The minimum Gasteiger partial charge on any atom is -0.370 e. The maximum absolute atomic E-state index is 12.9. The number of rotatable bonds is 4. The molecule has 2 amide bonds. The van der Waals surface area contributed by atoms with Crippen molar-refractivity contribution in [3.05, 3.63) is 0 Å². The van der Waals surface area contributed by atoms with Gasteiger partial charge in [0.15, 0.2) is 0 Å². The summed E-state index contributed by atoms with van der Waals surface area (Å²) >= 11 is 0. The van der Waals surface area contributed by atoms with Crippen LogP contribution >= 0.6 is 0 Å². The summed E-state index contributed by atoms with van der Waals surface area (Å²) in [5.41, 5.74) is 4.96. The second-order valence-corrected chi connectivity index (χ2v) is 7.17. The number of piperidine rings is 2. The van der Waals surface area contributed by atoms with E-state index in [1.807, 2.05) is 4.90 Å². The fourth-order valence-electron chi connectivity index (χ4n) is 3.67. The number of primary amides is 1. The lowest BCUT2D eigenvalue weighted by molar-refractivity contribution is -0.145. The molecule has 120 valence electrons. The third-order valence-corrected chi connectivity index (χ3v) is 5.26. The van der Waals surface area contributed by atoms with Crippen molar-refractivity contribution in [1.29, 1.82) is 0 Å². The minimum atomic E-state index is -0.302. The number of amides is 2. The average Bonchev–Trinajstić information content (AvgIpc) is 2.47. The molecule has 3 N–H and O–H groups in total. The summed E-state index contributed by atoms with van der Waals surface area (Å²) in [4.78, 5) is 25.8. The van der Waals surface area contributed by atoms with Crippen LogP contribution in [-0.4, -0.2) is 42.9 Å². The van der Waals surface area contributed by atoms with Gasteiger partial charge in [0, 0.05) is 24.9 Å². The van der Waals surface area contributed by atoms with Crippen LogP contribution in [0.3, 0.4) is 0 Å². The molecule has 2 fully saturated rings. The second kappa shape index (κ2) is 6.77. The lowest BCUT2D eigenvalue weighted by Gasteiger charge is -2.41. The van der Waals surface area contributed by atoms with Crippen molar-refractivity contribution < 1.29 is 9.59 Å². The largest absolute Gasteiger partial charge is 0.370 e. The number of carbonyl (C=O) groups excluding carboxylic acids is 2. The molecule has 2 aliphatic heterocycles. The Bertz CT molecular complexity index is 381. The van der Waals surface area contributed by atoms with Crippen LogP contribution in [0.1, 0.15) is 46.0 Å². The van der Waals surface area contributed by atoms with Crippen LogP contribution in [0.15, 0.2) is 0 Å². The molecule has 2 heterocycles. The van der Waals surface area contributed by atoms with Crippen LogP contribution in [0.25, 0.3) is 0 Å². The summed E-state index contributed by atoms with van der Waals surface area (Å²) in [7, 11) is 0. The van der Waals surface area contributed by atoms with E-state index >= 15 is 0 Å². The molecule has 1 atom stereocenters. The minimum absolute atomic E-state index is 0.228. The zero-order valence-corrected chi connectivity index (χ0v) is 13.4. The number of hydrogen-bond donors (Lipinski definition) is 2. The summed E-state index contributed by atoms with van der Waals surface area (Å²) in [6, 6.07) is 0. The van der Waals surface area contributed by atoms with Crippen LogP contribution in [-0.2, 0) is 9.59 Å². The van der Waals surface area contributed by atoms with Gasteiger partial charge in [0.1, 0.15) is 0 Å². The normalized spacial score (nSPS) is 24.9. The first kappa shape index (κ1) is 16.3. The van der Waals surface area contributed by atoms with E-state index in [1.54, 1.807) is 0 Å². The molecule has 1 unspecified atom stereocenters. The summed E-state index contributed by atoms with van der Waals surface area (Å²) in [5, 5.41) is 3.41. The predicted octanol–water partition coefficient (Wildman–Crippen LogP) is 1.13. The molecule has 5 heteroatoms. The maximum Gasteiger partial charge on any atom is 0.228 e. The van der Waals surface area contributed by atoms with Gasteiger partial charge < -0.3 is 16.0 Å². The third-order valence-electron chi connectivity index (χ3n) is 5.26. The Morgan fingerprint density at radius 1 is 1.24 bits per heavy atom. The number of likely N-dealkylation sites (tertiary alicyclic amines) is 1. The van der Waals surface area contributed by atoms with Gasteiger partial charge in [-0.05, 0) is 50.6 Å². The summed E-state index contributed by atoms with van der Waals surface area (Å²) < 4.78 is 0. The molecule has 0 aromatic rings. The van der Waals surface area contributed by atoms with Gasteiger partial charge in [-0.25, -0.2) is 0 Å². The summed E-state index contributed by atoms with van der Waals surface area (Å²) in [6.45, 7) is 7.71. The molecule has 0 bridgehead atoms. The van der Waals surface area contributed by atoms with Crippen molar-refractivity contribution in [1.82, 2.24) is 10.2 Å². The zero-order chi connectivity index (χ0) is 15.5. The smallest absolute Gasteiger partial charge is 0.228 e. The van der Waals surface area contributed by atoms with E-state index in [4.69, 9.17) is 5.73 Å². The Labute approximate surface area is 127 Å². The highest BCUT2D eigenvalue weighted by molar-refractivity contribution is 5.82. The molecule has 0 spiro atoms. The second-order valence-electron chi connectivity index (χ2n) is 7.17. The zero-order valence-electron chi connectivity index (χ0n) is 13.4. The van der Waals surface area contributed by atoms with Gasteiger partial charge >= 0.3 is 0 Å². The first-order chi connectivity index (χ1) is 9.91. The Morgan fingerprint density at radius 3 is 2.43 bits per heavy atom. The molecular weight excluding hydrogens is 266 g/mol. The Morgan fingerprint density at radius 2 is 1.90 bits per heavy atom. The van der Waals surface area contributed by atoms with E-state index in [0.717, 1.165) is 51.9 Å². The highest BCUT2D eigenvalue weighted by atomic mass is 16.2. The number of nitrogens with zero attached hydrogens (tertiary/aromatic N) is 1. The van der Waals surface area contributed by atoms with Crippen molar-refractivity contribution in [2.75, 3.05) is 26.2 Å². The molecule has 2 rings (SSSR count). The van der Waals surface area contributed by atoms with E-state index in [1.165, 1.54) is 0 Å². The topological polar surface area (TPSA) is 75.4 Å². The van der Waals surface area contributed by atoms with Crippen LogP contribution in [0.2, 0.25) is 0 Å². The van der Waals surface area contributed by atoms with Gasteiger partial charge in [-0.1, -0.05) is 13.8 Å². The van der Waals surface area contributed by atoms with E-state index < -0.39 is 0 Å². The fourth-order valence-corrected chi connectivity index (χ4v) is 3.67. The van der Waals surface area contributed by atoms with Crippen molar-refractivity contribution >= 4 is 11.8 Å². The van der Waals surface area contributed by atoms with Gasteiger partial charge in [-0.2, -0.15) is 0 Å². The van der Waals surface area contributed by atoms with E-state index in [0.29, 0.717) is 18.3 Å². The number of carbonyl (C=O) groups is 2. The van der Waals surface area contributed by atoms with E-state index in [9.17, 15) is 9.59 Å². The molecule has 2 aliphatic rings. The molecule has 0 saturated carbocycles. The van der Waals surface area contributed by atoms with Crippen molar-refractivity contribution in [3.8, 4) is 0 Å². The number of nitrogens with two attached hydrogens (primary N) is 1. The van der Waals surface area contributed by atoms with Gasteiger partial charge in [0.25, 0.3) is 0 Å². The lowest BCUT2D eigenvalue weighted by Crippen LogP contribution is -2.51. The first-order valence-electron chi connectivity index (χ1n) is 8.19. The molecule has 0 aromatic heterocycles. The van der Waals surface area contributed by atoms with Gasteiger partial charge in [-0.15, -0.1) is 0 Å². The summed E-state index contributed by atoms with van der Waals surface area (Å²) in [5.74, 6) is 0.815. The lowest BCUT2D eigenvalue weighted by atomic mass is 9.73. The third kappa shape index (κ3) is 3.96. The molecule has 21 heavy (non-hydrogen) atoms. The molecular formula is C16H29N3O2. The van der Waals surface area contributed by atoms with Crippen molar-refractivity contribution in [3.63, 3.8) is 0 Å². The molecule has 0 aromatic carbocycles. The highest BCUT2D eigenvalue weighted by Gasteiger charge is 2.40. The van der Waals surface area contributed by atoms with Crippen LogP contribution < -0.4 is 11.1 Å². The SMILES string of the molecule is CC(C)(C(=O)N1CCC(CC(N)=O)CC1)C1CCCNC1. The monoisotopic (exact) mass is 295 g/mol. The number of hydrogen-bond acceptors (Lipinski definition) is 3. The van der Waals surface area contributed by atoms with E-state index in [2.05, 4.69) is 19.2 Å². The van der Waals surface area contributed by atoms with Crippen molar-refractivity contribution in [2.24, 2.45) is 23.0 Å². The maximum atomic E-state index is 12.9. The standard InChI is InChI=1S/C16H29N3O2/c1-16(2,13-4-3-7-18-11-13)15(21)19-8-5-12(6-9-19)10-14(17)20/h12-13,18H,3-11H2,1-2H3,(H2,17,20). The quantitative estimate of drug-likeness (QED) is 0.816. The van der Waals surface area contributed by atoms with Crippen molar-refractivity contribution in [2.45, 2.75) is 46.0 Å². The Balaban J connectivity index is 1.89. The predicted molar refractivity (Wildman–Crippen MR) is 82.5 cm³/mol. The van der Waals surface area contributed by atoms with Gasteiger partial charge in [-0.3, -0.25) is 9.59 Å². The van der Waals surface area contributed by atoms with Gasteiger partial charge in [0.05, 0.1) is 0 Å². The van der Waals surface area contributed by atoms with Gasteiger partial charge in [0.2, 0.25) is 11.8 Å². The summed E-state index contributed by atoms with van der Waals surface area (Å²) in [6.07, 6.45) is 4.53.